The van der Waals surface area contributed by atoms with Crippen LogP contribution in [-0.4, -0.2) is 23.6 Å². The van der Waals surface area contributed by atoms with Crippen LogP contribution in [0.5, 0.6) is 11.5 Å². The average Bonchev–Trinajstić information content (AvgIpc) is 3.26. The van der Waals surface area contributed by atoms with Crippen molar-refractivity contribution in [1.82, 2.24) is 9.38 Å². The summed E-state index contributed by atoms with van der Waals surface area (Å²) < 4.78 is 12.6. The molecule has 6 heteroatoms. The number of hydrogen-bond donors (Lipinski definition) is 0. The molecule has 0 amide bonds. The maximum atomic E-state index is 10.2. The van der Waals surface area contributed by atoms with E-state index in [2.05, 4.69) is 12.1 Å². The first-order valence-corrected chi connectivity index (χ1v) is 10.3. The fourth-order valence-corrected chi connectivity index (χ4v) is 4.20. The van der Waals surface area contributed by atoms with Gasteiger partial charge in [0.1, 0.15) is 34.8 Å². The minimum Gasteiger partial charge on any atom is -0.497 e. The van der Waals surface area contributed by atoms with Crippen LogP contribution in [0, 0.1) is 22.7 Å². The molecule has 0 aliphatic heterocycles. The lowest BCUT2D eigenvalue weighted by Gasteiger charge is -2.16. The normalized spacial score (nSPS) is 10.7. The zero-order valence-electron chi connectivity index (χ0n) is 18.0. The number of benzene rings is 3. The van der Waals surface area contributed by atoms with Crippen LogP contribution in [0.1, 0.15) is 11.1 Å². The summed E-state index contributed by atoms with van der Waals surface area (Å²) >= 11 is 0. The molecule has 6 nitrogen and oxygen atoms in total. The largest absolute Gasteiger partial charge is 0.497 e. The van der Waals surface area contributed by atoms with Gasteiger partial charge in [0.25, 0.3) is 0 Å². The molecule has 0 atom stereocenters. The second-order valence-electron chi connectivity index (χ2n) is 7.42. The average molecular weight is 430 g/mol. The van der Waals surface area contributed by atoms with Crippen molar-refractivity contribution in [3.05, 3.63) is 84.1 Å². The number of imidazole rings is 1. The van der Waals surface area contributed by atoms with Crippen molar-refractivity contribution in [3.63, 3.8) is 0 Å². The van der Waals surface area contributed by atoms with Crippen molar-refractivity contribution in [2.75, 3.05) is 14.2 Å². The van der Waals surface area contributed by atoms with E-state index in [9.17, 15) is 10.5 Å². The van der Waals surface area contributed by atoms with E-state index in [4.69, 9.17) is 14.5 Å². The standard InChI is InChI=1S/C27H18N4O2/c1-32-19-10-6-17(7-11-19)24-21(15-28)22(16-29)26-27(31-14-4-3-5-23(31)30-26)25(24)18-8-12-20(33-2)13-9-18/h3-14H,1-2H3. The van der Waals surface area contributed by atoms with Gasteiger partial charge < -0.3 is 9.47 Å². The Labute approximate surface area is 190 Å². The van der Waals surface area contributed by atoms with E-state index in [1.54, 1.807) is 14.2 Å². The fourth-order valence-electron chi connectivity index (χ4n) is 4.20. The van der Waals surface area contributed by atoms with E-state index in [0.29, 0.717) is 28.0 Å². The number of nitriles is 2. The third-order valence-electron chi connectivity index (χ3n) is 5.73. The van der Waals surface area contributed by atoms with Crippen LogP contribution >= 0.6 is 0 Å². The number of rotatable bonds is 4. The molecule has 0 unspecified atom stereocenters. The Kier molecular flexibility index (Phi) is 4.89. The van der Waals surface area contributed by atoms with Crippen molar-refractivity contribution in [1.29, 1.82) is 10.5 Å². The molecule has 0 saturated carbocycles. The maximum Gasteiger partial charge on any atom is 0.137 e. The molecule has 2 aromatic heterocycles. The van der Waals surface area contributed by atoms with Crippen LogP contribution in [0.2, 0.25) is 0 Å². The van der Waals surface area contributed by atoms with Crippen molar-refractivity contribution >= 4 is 16.7 Å². The quantitative estimate of drug-likeness (QED) is 0.372. The van der Waals surface area contributed by atoms with Crippen molar-refractivity contribution in [2.45, 2.75) is 0 Å². The van der Waals surface area contributed by atoms with Gasteiger partial charge in [-0.05, 0) is 47.5 Å². The molecule has 0 aliphatic carbocycles. The van der Waals surface area contributed by atoms with Crippen LogP contribution in [0.4, 0.5) is 0 Å². The van der Waals surface area contributed by atoms with E-state index < -0.39 is 0 Å². The Hall–Kier alpha value is -4.81. The van der Waals surface area contributed by atoms with Gasteiger partial charge in [-0.3, -0.25) is 4.40 Å². The number of methoxy groups -OCH3 is 2. The lowest BCUT2D eigenvalue weighted by molar-refractivity contribution is 0.414. The molecule has 0 bridgehead atoms. The summed E-state index contributed by atoms with van der Waals surface area (Å²) in [5.41, 5.74) is 5.74. The summed E-state index contributed by atoms with van der Waals surface area (Å²) in [6.45, 7) is 0. The summed E-state index contributed by atoms with van der Waals surface area (Å²) in [7, 11) is 3.23. The Bertz CT molecular complexity index is 1590. The lowest BCUT2D eigenvalue weighted by atomic mass is 9.87. The molecule has 0 aliphatic rings. The van der Waals surface area contributed by atoms with Gasteiger partial charge in [-0.25, -0.2) is 4.98 Å². The summed E-state index contributed by atoms with van der Waals surface area (Å²) in [5, 5.41) is 20.3. The van der Waals surface area contributed by atoms with E-state index >= 15 is 0 Å². The third kappa shape index (κ3) is 3.13. The zero-order chi connectivity index (χ0) is 22.9. The Morgan fingerprint density at radius 3 is 1.85 bits per heavy atom. The van der Waals surface area contributed by atoms with Crippen LogP contribution in [0.15, 0.2) is 72.9 Å². The molecule has 0 radical (unpaired) electrons. The van der Waals surface area contributed by atoms with E-state index in [1.165, 1.54) is 0 Å². The molecule has 3 aromatic carbocycles. The number of ether oxygens (including phenoxy) is 2. The Balaban J connectivity index is 2.01. The second kappa shape index (κ2) is 8.03. The van der Waals surface area contributed by atoms with Crippen LogP contribution < -0.4 is 9.47 Å². The monoisotopic (exact) mass is 430 g/mol. The highest BCUT2D eigenvalue weighted by molar-refractivity contribution is 6.07. The second-order valence-corrected chi connectivity index (χ2v) is 7.42. The maximum absolute atomic E-state index is 10.2. The molecule has 5 aromatic rings. The molecule has 33 heavy (non-hydrogen) atoms. The first kappa shape index (κ1) is 20.1. The summed E-state index contributed by atoms with van der Waals surface area (Å²) in [4.78, 5) is 4.72. The van der Waals surface area contributed by atoms with E-state index in [1.807, 2.05) is 77.3 Å². The first-order valence-electron chi connectivity index (χ1n) is 10.3. The molecule has 5 rings (SSSR count). The summed E-state index contributed by atoms with van der Waals surface area (Å²) in [5.74, 6) is 1.44. The van der Waals surface area contributed by atoms with Gasteiger partial charge in [-0.2, -0.15) is 10.5 Å². The minimum atomic E-state index is 0.263. The Morgan fingerprint density at radius 1 is 0.727 bits per heavy atom. The highest BCUT2D eigenvalue weighted by Gasteiger charge is 2.25. The SMILES string of the molecule is COc1ccc(-c2c(C#N)c(C#N)c3nc4ccccn4c3c2-c2ccc(OC)cc2)cc1. The minimum absolute atomic E-state index is 0.263. The van der Waals surface area contributed by atoms with Crippen LogP contribution in [0.25, 0.3) is 38.9 Å². The molecule has 158 valence electrons. The smallest absolute Gasteiger partial charge is 0.137 e. The molecule has 2 heterocycles. The molecule has 0 N–H and O–H groups in total. The molecule has 0 saturated heterocycles. The summed E-state index contributed by atoms with van der Waals surface area (Å²) in [6, 6.07) is 25.4. The highest BCUT2D eigenvalue weighted by Crippen LogP contribution is 2.43. The lowest BCUT2D eigenvalue weighted by Crippen LogP contribution is -1.98. The zero-order valence-corrected chi connectivity index (χ0v) is 18.0. The van der Waals surface area contributed by atoms with Gasteiger partial charge in [0, 0.05) is 17.3 Å². The van der Waals surface area contributed by atoms with E-state index in [0.717, 1.165) is 28.0 Å². The predicted octanol–water partition coefficient (Wildman–Crippen LogP) is 5.58. The summed E-state index contributed by atoms with van der Waals surface area (Å²) in [6.07, 6.45) is 1.92. The molecule has 0 spiro atoms. The first-order chi connectivity index (χ1) is 16.2. The van der Waals surface area contributed by atoms with Crippen molar-refractivity contribution in [3.8, 4) is 45.9 Å². The number of hydrogen-bond acceptors (Lipinski definition) is 5. The van der Waals surface area contributed by atoms with Crippen molar-refractivity contribution in [2.24, 2.45) is 0 Å². The predicted molar refractivity (Wildman–Crippen MR) is 126 cm³/mol. The van der Waals surface area contributed by atoms with Gasteiger partial charge in [-0.15, -0.1) is 0 Å². The molecule has 0 fully saturated rings. The number of nitrogens with zero attached hydrogens (tertiary/aromatic N) is 4. The van der Waals surface area contributed by atoms with Gasteiger partial charge in [0.2, 0.25) is 0 Å². The molecular weight excluding hydrogens is 412 g/mol. The highest BCUT2D eigenvalue weighted by atomic mass is 16.5. The molecular formula is C27H18N4O2. The van der Waals surface area contributed by atoms with Gasteiger partial charge in [-0.1, -0.05) is 30.3 Å². The van der Waals surface area contributed by atoms with Crippen LogP contribution in [-0.2, 0) is 0 Å². The van der Waals surface area contributed by atoms with Gasteiger partial charge in [0.05, 0.1) is 30.9 Å². The topological polar surface area (TPSA) is 83.3 Å². The van der Waals surface area contributed by atoms with Crippen LogP contribution in [0.3, 0.4) is 0 Å². The van der Waals surface area contributed by atoms with Gasteiger partial charge >= 0.3 is 0 Å². The van der Waals surface area contributed by atoms with Gasteiger partial charge in [0.15, 0.2) is 0 Å². The number of pyridine rings is 1. The number of fused-ring (bicyclic) bond motifs is 3. The number of aromatic nitrogens is 2. The third-order valence-corrected chi connectivity index (χ3v) is 5.73. The van der Waals surface area contributed by atoms with Crippen molar-refractivity contribution < 1.29 is 9.47 Å². The van der Waals surface area contributed by atoms with E-state index in [-0.39, 0.29) is 5.56 Å². The Morgan fingerprint density at radius 2 is 1.30 bits per heavy atom. The fraction of sp³-hybridized carbons (Fsp3) is 0.0741.